The summed E-state index contributed by atoms with van der Waals surface area (Å²) < 4.78 is 0. The molecule has 0 heteroatoms. The van der Waals surface area contributed by atoms with Crippen molar-refractivity contribution in [3.63, 3.8) is 0 Å². The van der Waals surface area contributed by atoms with E-state index in [9.17, 15) is 0 Å². The Labute approximate surface area is 106 Å². The Kier molecular flexibility index (Phi) is 9.94. The topological polar surface area (TPSA) is 0 Å². The van der Waals surface area contributed by atoms with Crippen LogP contribution in [0.5, 0.6) is 0 Å². The summed E-state index contributed by atoms with van der Waals surface area (Å²) in [6, 6.07) is 0. The Balaban J connectivity index is 4.96. The second-order valence-corrected chi connectivity index (χ2v) is 3.58. The third-order valence-electron chi connectivity index (χ3n) is 2.23. The molecule has 0 aliphatic heterocycles. The van der Waals surface area contributed by atoms with Crippen molar-refractivity contribution in [3.8, 4) is 0 Å². The van der Waals surface area contributed by atoms with Gasteiger partial charge in [0.15, 0.2) is 0 Å². The van der Waals surface area contributed by atoms with Crippen molar-refractivity contribution in [1.29, 1.82) is 0 Å². The van der Waals surface area contributed by atoms with Gasteiger partial charge in [0.2, 0.25) is 0 Å². The molecule has 0 rings (SSSR count). The van der Waals surface area contributed by atoms with E-state index in [2.05, 4.69) is 50.3 Å². The van der Waals surface area contributed by atoms with Crippen molar-refractivity contribution < 1.29 is 0 Å². The van der Waals surface area contributed by atoms with Crippen LogP contribution in [0.1, 0.15) is 34.1 Å². The average Bonchev–Trinajstić information content (AvgIpc) is 2.34. The molecule has 0 heterocycles. The van der Waals surface area contributed by atoms with Gasteiger partial charge in [0.1, 0.15) is 0 Å². The van der Waals surface area contributed by atoms with Gasteiger partial charge >= 0.3 is 0 Å². The van der Waals surface area contributed by atoms with Crippen LogP contribution in [0.2, 0.25) is 0 Å². The molecule has 0 N–H and O–H groups in total. The van der Waals surface area contributed by atoms with Crippen LogP contribution in [0.3, 0.4) is 0 Å². The summed E-state index contributed by atoms with van der Waals surface area (Å²) in [5, 5.41) is 0. The van der Waals surface area contributed by atoms with Gasteiger partial charge in [0.25, 0.3) is 0 Å². The second-order valence-electron chi connectivity index (χ2n) is 3.58. The summed E-state index contributed by atoms with van der Waals surface area (Å²) in [4.78, 5) is 0. The highest BCUT2D eigenvalue weighted by atomic mass is 14.0. The van der Waals surface area contributed by atoms with Crippen molar-refractivity contribution >= 4 is 0 Å². The Morgan fingerprint density at radius 3 is 1.71 bits per heavy atom. The van der Waals surface area contributed by atoms with E-state index in [0.717, 1.165) is 6.42 Å². The minimum atomic E-state index is 1.05. The molecule has 0 bridgehead atoms. The predicted octanol–water partition coefficient (Wildman–Crippen LogP) is 5.53. The highest BCUT2D eigenvalue weighted by Gasteiger charge is 1.95. The van der Waals surface area contributed by atoms with E-state index in [0.29, 0.717) is 0 Å². The van der Waals surface area contributed by atoms with Gasteiger partial charge in [-0.1, -0.05) is 67.7 Å². The molecule has 92 valence electrons. The largest absolute Gasteiger partial charge is 0.0877 e. The fraction of sp³-hybridized carbons (Fsp3) is 0.294. The lowest BCUT2D eigenvalue weighted by molar-refractivity contribution is 1.20. The van der Waals surface area contributed by atoms with Crippen LogP contribution in [0, 0.1) is 0 Å². The van der Waals surface area contributed by atoms with E-state index in [-0.39, 0.29) is 0 Å². The van der Waals surface area contributed by atoms with Crippen molar-refractivity contribution in [1.82, 2.24) is 0 Å². The Morgan fingerprint density at radius 2 is 1.29 bits per heavy atom. The summed E-state index contributed by atoms with van der Waals surface area (Å²) in [6.45, 7) is 8.28. The highest BCUT2D eigenvalue weighted by Crippen LogP contribution is 2.14. The fourth-order valence-corrected chi connectivity index (χ4v) is 1.40. The maximum atomic E-state index is 2.25. The molecule has 0 aliphatic rings. The van der Waals surface area contributed by atoms with Crippen molar-refractivity contribution in [3.05, 3.63) is 71.9 Å². The molecule has 0 amide bonds. The second kappa shape index (κ2) is 10.9. The molecule has 0 nitrogen and oxygen atoms in total. The maximum Gasteiger partial charge on any atom is -0.0227 e. The van der Waals surface area contributed by atoms with Gasteiger partial charge in [-0.3, -0.25) is 0 Å². The standard InChI is InChI=1S/C17H24/c1-5-9-11-14-16(8-4)17(13-7-3)15-12-10-6-2/h5-6,8-15H,7H2,1-4H3/b9-5-,10-6-,14-11-,15-12-,16-8+,17-13+. The van der Waals surface area contributed by atoms with E-state index in [4.69, 9.17) is 0 Å². The number of hydrogen-bond donors (Lipinski definition) is 0. The van der Waals surface area contributed by atoms with Gasteiger partial charge in [-0.05, 0) is 38.3 Å². The van der Waals surface area contributed by atoms with E-state index in [1.807, 2.05) is 38.2 Å². The molecule has 0 aromatic rings. The van der Waals surface area contributed by atoms with Gasteiger partial charge in [0, 0.05) is 0 Å². The minimum absolute atomic E-state index is 1.05. The molecule has 0 radical (unpaired) electrons. The zero-order chi connectivity index (χ0) is 12.9. The summed E-state index contributed by atoms with van der Waals surface area (Å²) in [6.07, 6.45) is 22.0. The monoisotopic (exact) mass is 228 g/mol. The van der Waals surface area contributed by atoms with E-state index >= 15 is 0 Å². The summed E-state index contributed by atoms with van der Waals surface area (Å²) >= 11 is 0. The van der Waals surface area contributed by atoms with Crippen molar-refractivity contribution in [2.45, 2.75) is 34.1 Å². The van der Waals surface area contributed by atoms with Crippen LogP contribution in [0.25, 0.3) is 0 Å². The van der Waals surface area contributed by atoms with Crippen LogP contribution >= 0.6 is 0 Å². The smallest absolute Gasteiger partial charge is 0.0227 e. The normalized spacial score (nSPS) is 15.1. The molecule has 0 atom stereocenters. The molecule has 0 saturated heterocycles. The Bertz CT molecular complexity index is 357. The third-order valence-corrected chi connectivity index (χ3v) is 2.23. The van der Waals surface area contributed by atoms with Crippen LogP contribution in [0.4, 0.5) is 0 Å². The van der Waals surface area contributed by atoms with Gasteiger partial charge < -0.3 is 0 Å². The molecule has 0 aromatic carbocycles. The Hall–Kier alpha value is -1.56. The molecule has 0 spiro atoms. The molecule has 0 aromatic heterocycles. The number of rotatable bonds is 6. The van der Waals surface area contributed by atoms with Crippen molar-refractivity contribution in [2.24, 2.45) is 0 Å². The summed E-state index contributed by atoms with van der Waals surface area (Å²) in [5.41, 5.74) is 2.53. The highest BCUT2D eigenvalue weighted by molar-refractivity contribution is 5.47. The van der Waals surface area contributed by atoms with E-state index < -0.39 is 0 Å². The maximum absolute atomic E-state index is 2.25. The summed E-state index contributed by atoms with van der Waals surface area (Å²) in [7, 11) is 0. The van der Waals surface area contributed by atoms with Crippen LogP contribution in [-0.2, 0) is 0 Å². The first-order valence-corrected chi connectivity index (χ1v) is 6.25. The van der Waals surface area contributed by atoms with Gasteiger partial charge in [-0.15, -0.1) is 0 Å². The first kappa shape index (κ1) is 15.4. The molecule has 17 heavy (non-hydrogen) atoms. The number of hydrogen-bond acceptors (Lipinski definition) is 0. The van der Waals surface area contributed by atoms with E-state index in [1.54, 1.807) is 0 Å². The Morgan fingerprint density at radius 1 is 0.765 bits per heavy atom. The fourth-order valence-electron chi connectivity index (χ4n) is 1.40. The predicted molar refractivity (Wildman–Crippen MR) is 80.0 cm³/mol. The molecule has 0 aliphatic carbocycles. The molecular weight excluding hydrogens is 204 g/mol. The lowest BCUT2D eigenvalue weighted by Gasteiger charge is -2.02. The summed E-state index contributed by atoms with van der Waals surface area (Å²) in [5.74, 6) is 0. The molecule has 0 unspecified atom stereocenters. The SMILES string of the molecule is C\C=C/C=C\C(=C/C)C(\C=C/C=C\C)=C\CC. The molecule has 0 saturated carbocycles. The van der Waals surface area contributed by atoms with Gasteiger partial charge in [-0.25, -0.2) is 0 Å². The molecule has 0 fully saturated rings. The minimum Gasteiger partial charge on any atom is -0.0877 e. The first-order valence-electron chi connectivity index (χ1n) is 6.25. The average molecular weight is 228 g/mol. The number of allylic oxidation sites excluding steroid dienone is 12. The quantitative estimate of drug-likeness (QED) is 0.524. The third kappa shape index (κ3) is 7.35. The van der Waals surface area contributed by atoms with Gasteiger partial charge in [0.05, 0.1) is 0 Å². The molecular formula is C17H24. The van der Waals surface area contributed by atoms with Crippen molar-refractivity contribution in [2.75, 3.05) is 0 Å². The van der Waals surface area contributed by atoms with Gasteiger partial charge in [-0.2, -0.15) is 0 Å². The van der Waals surface area contributed by atoms with E-state index in [1.165, 1.54) is 11.1 Å². The zero-order valence-electron chi connectivity index (χ0n) is 11.5. The first-order chi connectivity index (χ1) is 8.29. The van der Waals surface area contributed by atoms with Crippen LogP contribution < -0.4 is 0 Å². The lowest BCUT2D eigenvalue weighted by Crippen LogP contribution is -1.82. The zero-order valence-corrected chi connectivity index (χ0v) is 11.5. The van der Waals surface area contributed by atoms with Crippen LogP contribution in [0.15, 0.2) is 71.9 Å². The van der Waals surface area contributed by atoms with Crippen LogP contribution in [-0.4, -0.2) is 0 Å². The lowest BCUT2D eigenvalue weighted by atomic mass is 10.0.